The van der Waals surface area contributed by atoms with Crippen LogP contribution in [0.15, 0.2) is 23.1 Å². The van der Waals surface area contributed by atoms with Crippen molar-refractivity contribution in [2.75, 3.05) is 13.2 Å². The molecule has 0 aliphatic rings. The standard InChI is InChI=1S/C11H15ClFNO4S/c1-2-11(6-15,7-16)14-19(17,18)10-4-3-8(13)5-9(10)12/h3-5,14-16H,2,6-7H2,1H3. The Bertz CT molecular complexity index is 537. The molecule has 1 aromatic rings. The lowest BCUT2D eigenvalue weighted by molar-refractivity contribution is 0.105. The monoisotopic (exact) mass is 311 g/mol. The van der Waals surface area contributed by atoms with Gasteiger partial charge in [-0.15, -0.1) is 0 Å². The molecule has 0 atom stereocenters. The smallest absolute Gasteiger partial charge is 0.242 e. The van der Waals surface area contributed by atoms with E-state index in [9.17, 15) is 23.0 Å². The van der Waals surface area contributed by atoms with E-state index in [2.05, 4.69) is 4.72 Å². The second kappa shape index (κ2) is 6.15. The Balaban J connectivity index is 3.17. The fourth-order valence-electron chi connectivity index (χ4n) is 1.44. The Hall–Kier alpha value is -0.730. The zero-order valence-corrected chi connectivity index (χ0v) is 11.8. The number of hydrogen-bond acceptors (Lipinski definition) is 4. The normalized spacial score (nSPS) is 12.7. The van der Waals surface area contributed by atoms with Gasteiger partial charge in [0.2, 0.25) is 10.0 Å². The lowest BCUT2D eigenvalue weighted by Crippen LogP contribution is -2.53. The molecule has 0 fully saturated rings. The summed E-state index contributed by atoms with van der Waals surface area (Å²) in [7, 11) is -4.07. The van der Waals surface area contributed by atoms with Crippen molar-refractivity contribution in [2.45, 2.75) is 23.8 Å². The predicted octanol–water partition coefficient (Wildman–Crippen LogP) is 0.891. The lowest BCUT2D eigenvalue weighted by atomic mass is 10.0. The van der Waals surface area contributed by atoms with Crippen LogP contribution in [0, 0.1) is 5.82 Å². The highest BCUT2D eigenvalue weighted by Crippen LogP contribution is 2.24. The molecule has 0 unspecified atom stereocenters. The molecular formula is C11H15ClFNO4S. The maximum absolute atomic E-state index is 12.9. The summed E-state index contributed by atoms with van der Waals surface area (Å²) in [6.45, 7) is 0.470. The van der Waals surface area contributed by atoms with Gasteiger partial charge in [0.25, 0.3) is 0 Å². The van der Waals surface area contributed by atoms with Gasteiger partial charge in [0.05, 0.1) is 23.8 Å². The van der Waals surface area contributed by atoms with Gasteiger partial charge >= 0.3 is 0 Å². The first-order chi connectivity index (χ1) is 8.80. The molecule has 3 N–H and O–H groups in total. The second-order valence-electron chi connectivity index (χ2n) is 4.13. The van der Waals surface area contributed by atoms with Gasteiger partial charge in [-0.25, -0.2) is 17.5 Å². The molecule has 0 aromatic heterocycles. The maximum atomic E-state index is 12.9. The predicted molar refractivity (Wildman–Crippen MR) is 68.9 cm³/mol. The average molecular weight is 312 g/mol. The van der Waals surface area contributed by atoms with Gasteiger partial charge in [-0.3, -0.25) is 0 Å². The van der Waals surface area contributed by atoms with E-state index in [1.165, 1.54) is 0 Å². The molecule has 0 aliphatic carbocycles. The van der Waals surface area contributed by atoms with E-state index < -0.39 is 34.6 Å². The van der Waals surface area contributed by atoms with Crippen molar-refractivity contribution in [3.8, 4) is 0 Å². The van der Waals surface area contributed by atoms with Crippen LogP contribution < -0.4 is 4.72 Å². The molecule has 0 heterocycles. The molecule has 0 bridgehead atoms. The molecule has 0 spiro atoms. The number of sulfonamides is 1. The topological polar surface area (TPSA) is 86.6 Å². The van der Waals surface area contributed by atoms with E-state index in [0.717, 1.165) is 18.2 Å². The molecule has 1 rings (SSSR count). The van der Waals surface area contributed by atoms with Crippen LogP contribution in [-0.2, 0) is 10.0 Å². The van der Waals surface area contributed by atoms with Gasteiger partial charge in [0.15, 0.2) is 0 Å². The first kappa shape index (κ1) is 16.3. The first-order valence-corrected chi connectivity index (χ1v) is 7.37. The third-order valence-corrected chi connectivity index (χ3v) is 4.88. The summed E-state index contributed by atoms with van der Waals surface area (Å²) in [5.74, 6) is -0.657. The molecule has 0 saturated carbocycles. The molecule has 5 nitrogen and oxygen atoms in total. The van der Waals surface area contributed by atoms with Crippen molar-refractivity contribution < 1.29 is 23.0 Å². The third-order valence-electron chi connectivity index (χ3n) is 2.82. The number of aliphatic hydroxyl groups is 2. The van der Waals surface area contributed by atoms with Crippen LogP contribution in [-0.4, -0.2) is 37.4 Å². The second-order valence-corrected chi connectivity index (χ2v) is 6.19. The van der Waals surface area contributed by atoms with Gasteiger partial charge in [-0.1, -0.05) is 18.5 Å². The van der Waals surface area contributed by atoms with Crippen LogP contribution in [0.2, 0.25) is 5.02 Å². The summed E-state index contributed by atoms with van der Waals surface area (Å²) in [6.07, 6.45) is 0.179. The van der Waals surface area contributed by atoms with E-state index in [1.54, 1.807) is 6.92 Å². The van der Waals surface area contributed by atoms with E-state index in [4.69, 9.17) is 11.6 Å². The molecule has 0 saturated heterocycles. The van der Waals surface area contributed by atoms with Gasteiger partial charge in [-0.05, 0) is 24.6 Å². The number of aliphatic hydroxyl groups excluding tert-OH is 2. The summed E-state index contributed by atoms with van der Waals surface area (Å²) in [4.78, 5) is -0.310. The number of hydrogen-bond donors (Lipinski definition) is 3. The Labute approximate surface area is 116 Å². The third kappa shape index (κ3) is 3.64. The summed E-state index contributed by atoms with van der Waals surface area (Å²) >= 11 is 5.69. The lowest BCUT2D eigenvalue weighted by Gasteiger charge is -2.29. The number of rotatable bonds is 6. The van der Waals surface area contributed by atoms with Gasteiger partial charge < -0.3 is 10.2 Å². The fraction of sp³-hybridized carbons (Fsp3) is 0.455. The van der Waals surface area contributed by atoms with Crippen molar-refractivity contribution >= 4 is 21.6 Å². The van der Waals surface area contributed by atoms with Crippen molar-refractivity contribution in [1.82, 2.24) is 4.72 Å². The molecular weight excluding hydrogens is 297 g/mol. The summed E-state index contributed by atoms with van der Waals surface area (Å²) in [6, 6.07) is 2.86. The van der Waals surface area contributed by atoms with Crippen molar-refractivity contribution in [1.29, 1.82) is 0 Å². The molecule has 8 heteroatoms. The molecule has 1 aromatic carbocycles. The minimum atomic E-state index is -4.07. The Morgan fingerprint density at radius 1 is 1.37 bits per heavy atom. The number of halogens is 2. The van der Waals surface area contributed by atoms with Crippen molar-refractivity contribution in [3.05, 3.63) is 29.0 Å². The number of nitrogens with one attached hydrogen (secondary N) is 1. The molecule has 108 valence electrons. The fourth-order valence-corrected chi connectivity index (χ4v) is 3.43. The molecule has 0 aliphatic heterocycles. The van der Waals surface area contributed by atoms with E-state index in [0.29, 0.717) is 0 Å². The van der Waals surface area contributed by atoms with Crippen LogP contribution in [0.3, 0.4) is 0 Å². The van der Waals surface area contributed by atoms with Crippen molar-refractivity contribution in [3.63, 3.8) is 0 Å². The Morgan fingerprint density at radius 2 is 1.95 bits per heavy atom. The van der Waals surface area contributed by atoms with E-state index in [-0.39, 0.29) is 16.3 Å². The zero-order chi connectivity index (χ0) is 14.7. The van der Waals surface area contributed by atoms with Crippen LogP contribution >= 0.6 is 11.6 Å². The molecule has 19 heavy (non-hydrogen) atoms. The summed E-state index contributed by atoms with van der Waals surface area (Å²) in [5, 5.41) is 18.2. The largest absolute Gasteiger partial charge is 0.394 e. The quantitative estimate of drug-likeness (QED) is 0.728. The van der Waals surface area contributed by atoms with E-state index >= 15 is 0 Å². The molecule has 0 radical (unpaired) electrons. The zero-order valence-electron chi connectivity index (χ0n) is 10.2. The highest BCUT2D eigenvalue weighted by molar-refractivity contribution is 7.89. The van der Waals surface area contributed by atoms with Crippen LogP contribution in [0.5, 0.6) is 0 Å². The number of benzene rings is 1. The Kier molecular flexibility index (Phi) is 5.28. The highest BCUT2D eigenvalue weighted by Gasteiger charge is 2.33. The van der Waals surface area contributed by atoms with Crippen molar-refractivity contribution in [2.24, 2.45) is 0 Å². The minimum Gasteiger partial charge on any atom is -0.394 e. The van der Waals surface area contributed by atoms with Crippen LogP contribution in [0.4, 0.5) is 4.39 Å². The van der Waals surface area contributed by atoms with Crippen LogP contribution in [0.25, 0.3) is 0 Å². The molecule has 0 amide bonds. The van der Waals surface area contributed by atoms with Gasteiger partial charge in [0.1, 0.15) is 10.7 Å². The summed E-state index contributed by atoms with van der Waals surface area (Å²) < 4.78 is 39.3. The maximum Gasteiger partial charge on any atom is 0.242 e. The average Bonchev–Trinajstić information content (AvgIpc) is 2.35. The van der Waals surface area contributed by atoms with E-state index in [1.807, 2.05) is 0 Å². The Morgan fingerprint density at radius 3 is 2.37 bits per heavy atom. The van der Waals surface area contributed by atoms with Crippen LogP contribution in [0.1, 0.15) is 13.3 Å². The van der Waals surface area contributed by atoms with Gasteiger partial charge in [0, 0.05) is 0 Å². The highest BCUT2D eigenvalue weighted by atomic mass is 35.5. The SMILES string of the molecule is CCC(CO)(CO)NS(=O)(=O)c1ccc(F)cc1Cl. The summed E-state index contributed by atoms with van der Waals surface area (Å²) in [5.41, 5.74) is -1.38. The first-order valence-electron chi connectivity index (χ1n) is 5.51. The minimum absolute atomic E-state index is 0.179. The van der Waals surface area contributed by atoms with Gasteiger partial charge in [-0.2, -0.15) is 0 Å².